The van der Waals surface area contributed by atoms with Gasteiger partial charge in [0.15, 0.2) is 0 Å². The van der Waals surface area contributed by atoms with E-state index >= 15 is 0 Å². The monoisotopic (exact) mass is 311 g/mol. The third-order valence-corrected chi connectivity index (χ3v) is 5.12. The molecule has 1 amide bonds. The number of rotatable bonds is 3. The summed E-state index contributed by atoms with van der Waals surface area (Å²) in [6, 6.07) is 9.20. The molecule has 1 heterocycles. The zero-order valence-corrected chi connectivity index (χ0v) is 13.1. The van der Waals surface area contributed by atoms with E-state index in [9.17, 15) is 13.2 Å². The second-order valence-corrected chi connectivity index (χ2v) is 7.51. The number of sulfonamides is 1. The number of carbonyl (C=O) groups is 1. The van der Waals surface area contributed by atoms with Gasteiger partial charge in [-0.25, -0.2) is 8.42 Å². The Labute approximate surface area is 125 Å². The van der Waals surface area contributed by atoms with Crippen molar-refractivity contribution in [3.8, 4) is 0 Å². The molecule has 0 saturated carbocycles. The summed E-state index contributed by atoms with van der Waals surface area (Å²) >= 11 is 0. The van der Waals surface area contributed by atoms with E-state index in [2.05, 4.69) is 0 Å². The maximum Gasteiger partial charge on any atom is 0.247 e. The predicted molar refractivity (Wildman–Crippen MR) is 81.0 cm³/mol. The van der Waals surface area contributed by atoms with Crippen LogP contribution in [0.15, 0.2) is 30.3 Å². The van der Waals surface area contributed by atoms with Crippen molar-refractivity contribution in [3.63, 3.8) is 0 Å². The fraction of sp³-hybridized carbons (Fsp3) is 0.500. The predicted octanol–water partition coefficient (Wildman–Crippen LogP) is -0.0357. The quantitative estimate of drug-likeness (QED) is 0.849. The van der Waals surface area contributed by atoms with Crippen molar-refractivity contribution < 1.29 is 13.2 Å². The minimum absolute atomic E-state index is 0.179. The van der Waals surface area contributed by atoms with Crippen molar-refractivity contribution in [3.05, 3.63) is 35.9 Å². The fourth-order valence-corrected chi connectivity index (χ4v) is 3.29. The highest BCUT2D eigenvalue weighted by Crippen LogP contribution is 2.21. The van der Waals surface area contributed by atoms with Gasteiger partial charge >= 0.3 is 0 Å². The largest absolute Gasteiger partial charge is 0.338 e. The molecule has 0 aliphatic carbocycles. The van der Waals surface area contributed by atoms with Gasteiger partial charge in [-0.2, -0.15) is 4.31 Å². The lowest BCUT2D eigenvalue weighted by Crippen LogP contribution is -2.57. The van der Waals surface area contributed by atoms with Gasteiger partial charge in [-0.05, 0) is 12.5 Å². The van der Waals surface area contributed by atoms with E-state index in [1.54, 1.807) is 11.8 Å². The number of piperazine rings is 1. The van der Waals surface area contributed by atoms with Crippen LogP contribution in [-0.4, -0.2) is 56.0 Å². The van der Waals surface area contributed by atoms with Crippen LogP contribution in [0, 0.1) is 0 Å². The van der Waals surface area contributed by atoms with Gasteiger partial charge in [0.25, 0.3) is 0 Å². The third kappa shape index (κ3) is 3.42. The van der Waals surface area contributed by atoms with E-state index in [0.29, 0.717) is 26.2 Å². The molecule has 0 bridgehead atoms. The summed E-state index contributed by atoms with van der Waals surface area (Å²) in [4.78, 5) is 14.2. The van der Waals surface area contributed by atoms with Crippen molar-refractivity contribution in [1.29, 1.82) is 0 Å². The first-order chi connectivity index (χ1) is 9.73. The zero-order chi connectivity index (χ0) is 15.7. The summed E-state index contributed by atoms with van der Waals surface area (Å²) in [5, 5.41) is 0. The molecule has 6 nitrogen and oxygen atoms in total. The van der Waals surface area contributed by atoms with Crippen LogP contribution in [0.4, 0.5) is 0 Å². The van der Waals surface area contributed by atoms with E-state index in [1.807, 2.05) is 30.3 Å². The second kappa shape index (κ2) is 5.75. The summed E-state index contributed by atoms with van der Waals surface area (Å²) in [6.07, 6.45) is 1.18. The molecule has 1 atom stereocenters. The van der Waals surface area contributed by atoms with Gasteiger partial charge < -0.3 is 10.6 Å². The molecule has 7 heteroatoms. The molecule has 2 N–H and O–H groups in total. The van der Waals surface area contributed by atoms with Crippen molar-refractivity contribution in [2.75, 3.05) is 32.4 Å². The van der Waals surface area contributed by atoms with Crippen LogP contribution < -0.4 is 5.73 Å². The maximum atomic E-state index is 12.6. The number of amides is 1. The second-order valence-electron chi connectivity index (χ2n) is 5.52. The van der Waals surface area contributed by atoms with Crippen LogP contribution >= 0.6 is 0 Å². The van der Waals surface area contributed by atoms with Crippen LogP contribution in [0.3, 0.4) is 0 Å². The standard InChI is InChI=1S/C14H21N3O3S/c1-14(15,12-6-4-3-5-7-12)13(18)16-8-10-17(11-9-16)21(2,19)20/h3-7H,8-11,15H2,1-2H3. The third-order valence-electron chi connectivity index (χ3n) is 3.81. The van der Waals surface area contributed by atoms with Crippen molar-refractivity contribution in [2.24, 2.45) is 5.73 Å². The van der Waals surface area contributed by atoms with E-state index in [0.717, 1.165) is 5.56 Å². The van der Waals surface area contributed by atoms with Gasteiger partial charge in [-0.3, -0.25) is 4.79 Å². The van der Waals surface area contributed by atoms with Crippen LogP contribution in [0.2, 0.25) is 0 Å². The first-order valence-corrected chi connectivity index (χ1v) is 8.66. The van der Waals surface area contributed by atoms with Crippen molar-refractivity contribution in [2.45, 2.75) is 12.5 Å². The highest BCUT2D eigenvalue weighted by molar-refractivity contribution is 7.88. The molecule has 1 aromatic carbocycles. The summed E-state index contributed by atoms with van der Waals surface area (Å²) in [7, 11) is -3.20. The Kier molecular flexibility index (Phi) is 4.36. The lowest BCUT2D eigenvalue weighted by molar-refractivity contribution is -0.138. The first-order valence-electron chi connectivity index (χ1n) is 6.82. The van der Waals surface area contributed by atoms with Crippen LogP contribution in [0.1, 0.15) is 12.5 Å². The highest BCUT2D eigenvalue weighted by Gasteiger charge is 2.36. The minimum atomic E-state index is -3.20. The number of hydrogen-bond acceptors (Lipinski definition) is 4. The molecule has 1 fully saturated rings. The molecule has 0 aromatic heterocycles. The molecule has 1 saturated heterocycles. The lowest BCUT2D eigenvalue weighted by atomic mass is 9.91. The Balaban J connectivity index is 2.09. The zero-order valence-electron chi connectivity index (χ0n) is 12.3. The summed E-state index contributed by atoms with van der Waals surface area (Å²) < 4.78 is 24.3. The topological polar surface area (TPSA) is 83.7 Å². The molecule has 116 valence electrons. The van der Waals surface area contributed by atoms with Gasteiger partial charge in [0, 0.05) is 26.2 Å². The molecule has 0 spiro atoms. The van der Waals surface area contributed by atoms with Crippen molar-refractivity contribution in [1.82, 2.24) is 9.21 Å². The smallest absolute Gasteiger partial charge is 0.247 e. The van der Waals surface area contributed by atoms with Crippen molar-refractivity contribution >= 4 is 15.9 Å². The van der Waals surface area contributed by atoms with Gasteiger partial charge in [-0.1, -0.05) is 30.3 Å². The molecule has 21 heavy (non-hydrogen) atoms. The van der Waals surface area contributed by atoms with Crippen LogP contribution in [-0.2, 0) is 20.4 Å². The lowest BCUT2D eigenvalue weighted by Gasteiger charge is -2.37. The average Bonchev–Trinajstić information content (AvgIpc) is 2.46. The molecular weight excluding hydrogens is 290 g/mol. The molecule has 0 radical (unpaired) electrons. The summed E-state index contributed by atoms with van der Waals surface area (Å²) in [6.45, 7) is 3.05. The number of hydrogen-bond donors (Lipinski definition) is 1. The number of carbonyl (C=O) groups excluding carboxylic acids is 1. The Morgan fingerprint density at radius 3 is 2.14 bits per heavy atom. The summed E-state index contributed by atoms with van der Waals surface area (Å²) in [5.41, 5.74) is 5.86. The van der Waals surface area contributed by atoms with Crippen LogP contribution in [0.5, 0.6) is 0 Å². The normalized spacial score (nSPS) is 20.0. The van der Waals surface area contributed by atoms with Gasteiger partial charge in [0.1, 0.15) is 5.54 Å². The Bertz CT molecular complexity index is 606. The molecule has 1 unspecified atom stereocenters. The van der Waals surface area contributed by atoms with E-state index in [1.165, 1.54) is 10.6 Å². The molecule has 1 aromatic rings. The first kappa shape index (κ1) is 15.9. The molecule has 1 aliphatic heterocycles. The summed E-state index contributed by atoms with van der Waals surface area (Å²) in [5.74, 6) is -0.179. The van der Waals surface area contributed by atoms with E-state index < -0.39 is 15.6 Å². The maximum absolute atomic E-state index is 12.6. The van der Waals surface area contributed by atoms with Gasteiger partial charge in [0.2, 0.25) is 15.9 Å². The average molecular weight is 311 g/mol. The number of nitrogens with zero attached hydrogens (tertiary/aromatic N) is 2. The van der Waals surface area contributed by atoms with E-state index in [4.69, 9.17) is 5.73 Å². The number of nitrogens with two attached hydrogens (primary N) is 1. The molecule has 1 aliphatic rings. The van der Waals surface area contributed by atoms with Gasteiger partial charge in [0.05, 0.1) is 6.26 Å². The SMILES string of the molecule is CC(N)(C(=O)N1CCN(S(C)(=O)=O)CC1)c1ccccc1. The highest BCUT2D eigenvalue weighted by atomic mass is 32.2. The van der Waals surface area contributed by atoms with Gasteiger partial charge in [-0.15, -0.1) is 0 Å². The van der Waals surface area contributed by atoms with Crippen LogP contribution in [0.25, 0.3) is 0 Å². The Morgan fingerprint density at radius 1 is 1.14 bits per heavy atom. The van der Waals surface area contributed by atoms with E-state index in [-0.39, 0.29) is 5.91 Å². The number of benzene rings is 1. The molecule has 2 rings (SSSR count). The fourth-order valence-electron chi connectivity index (χ4n) is 2.46. The Hall–Kier alpha value is -1.44. The molecular formula is C14H21N3O3S. The Morgan fingerprint density at radius 2 is 1.67 bits per heavy atom. The minimum Gasteiger partial charge on any atom is -0.338 e.